The molecule has 0 unspecified atom stereocenters. The molecule has 1 aliphatic heterocycles. The molecule has 3 nitrogen and oxygen atoms in total. The van der Waals surface area contributed by atoms with Crippen molar-refractivity contribution >= 4 is 5.91 Å². The molecule has 1 aliphatic carbocycles. The lowest BCUT2D eigenvalue weighted by molar-refractivity contribution is 0.0937. The summed E-state index contributed by atoms with van der Waals surface area (Å²) in [4.78, 5) is 12.5. The minimum absolute atomic E-state index is 0.121. The number of carbonyl (C=O) groups is 1. The molecule has 1 saturated carbocycles. The van der Waals surface area contributed by atoms with Gasteiger partial charge in [-0.2, -0.15) is 0 Å². The number of carbonyl (C=O) groups excluding carboxylic acids is 1. The van der Waals surface area contributed by atoms with Crippen LogP contribution < -0.4 is 10.6 Å². The molecule has 0 aromatic heterocycles. The van der Waals surface area contributed by atoms with Crippen LogP contribution in [0.1, 0.15) is 65.9 Å². The van der Waals surface area contributed by atoms with Crippen LogP contribution in [0.4, 0.5) is 0 Å². The first-order chi connectivity index (χ1) is 10.2. The second kappa shape index (κ2) is 6.61. The van der Waals surface area contributed by atoms with Crippen molar-refractivity contribution in [1.82, 2.24) is 10.6 Å². The summed E-state index contributed by atoms with van der Waals surface area (Å²) in [6, 6.07) is 6.84. The molecular formula is C18H26N2O. The number of benzene rings is 1. The number of hydrogen-bond acceptors (Lipinski definition) is 2. The Hall–Kier alpha value is -1.35. The van der Waals surface area contributed by atoms with Crippen LogP contribution >= 0.6 is 0 Å². The molecule has 1 aromatic rings. The first kappa shape index (κ1) is 14.6. The topological polar surface area (TPSA) is 41.1 Å². The van der Waals surface area contributed by atoms with Gasteiger partial charge in [-0.05, 0) is 68.8 Å². The predicted octanol–water partition coefficient (Wildman–Crippen LogP) is 3.13. The highest BCUT2D eigenvalue weighted by atomic mass is 16.1. The lowest BCUT2D eigenvalue weighted by Crippen LogP contribution is -2.33. The van der Waals surface area contributed by atoms with Gasteiger partial charge >= 0.3 is 0 Å². The predicted molar refractivity (Wildman–Crippen MR) is 85.7 cm³/mol. The van der Waals surface area contributed by atoms with Crippen LogP contribution in [0, 0.1) is 6.92 Å². The van der Waals surface area contributed by atoms with E-state index in [1.165, 1.54) is 31.2 Å². The Balaban J connectivity index is 1.75. The second-order valence-corrected chi connectivity index (χ2v) is 6.55. The Morgan fingerprint density at radius 2 is 1.86 bits per heavy atom. The number of amides is 1. The van der Waals surface area contributed by atoms with Gasteiger partial charge in [0.25, 0.3) is 5.91 Å². The van der Waals surface area contributed by atoms with Crippen LogP contribution in [-0.4, -0.2) is 25.0 Å². The molecule has 114 valence electrons. The Bertz CT molecular complexity index is 500. The van der Waals surface area contributed by atoms with E-state index in [0.29, 0.717) is 12.0 Å². The molecule has 2 fully saturated rings. The van der Waals surface area contributed by atoms with Crippen molar-refractivity contribution in [1.29, 1.82) is 0 Å². The molecule has 2 aliphatic rings. The molecule has 21 heavy (non-hydrogen) atoms. The van der Waals surface area contributed by atoms with Crippen molar-refractivity contribution < 1.29 is 4.79 Å². The summed E-state index contributed by atoms with van der Waals surface area (Å²) in [7, 11) is 0. The fraction of sp³-hybridized carbons (Fsp3) is 0.611. The molecular weight excluding hydrogens is 260 g/mol. The summed E-state index contributed by atoms with van der Waals surface area (Å²) < 4.78 is 0. The second-order valence-electron chi connectivity index (χ2n) is 6.55. The zero-order valence-electron chi connectivity index (χ0n) is 13.0. The van der Waals surface area contributed by atoms with E-state index in [4.69, 9.17) is 0 Å². The molecule has 2 N–H and O–H groups in total. The van der Waals surface area contributed by atoms with Gasteiger partial charge in [0, 0.05) is 11.6 Å². The van der Waals surface area contributed by atoms with E-state index in [1.807, 2.05) is 6.92 Å². The summed E-state index contributed by atoms with van der Waals surface area (Å²) in [5.74, 6) is 0.722. The monoisotopic (exact) mass is 286 g/mol. The third kappa shape index (κ3) is 3.46. The maximum atomic E-state index is 12.5. The number of hydrogen-bond donors (Lipinski definition) is 2. The maximum Gasteiger partial charge on any atom is 0.251 e. The van der Waals surface area contributed by atoms with Crippen molar-refractivity contribution in [2.45, 2.75) is 57.4 Å². The number of nitrogens with one attached hydrogen (secondary N) is 2. The lowest BCUT2D eigenvalue weighted by Gasteiger charge is -2.24. The molecule has 0 spiro atoms. The third-order valence-corrected chi connectivity index (χ3v) is 5.01. The zero-order chi connectivity index (χ0) is 14.7. The highest BCUT2D eigenvalue weighted by Gasteiger charge is 2.21. The summed E-state index contributed by atoms with van der Waals surface area (Å²) >= 11 is 0. The Morgan fingerprint density at radius 1 is 1.14 bits per heavy atom. The van der Waals surface area contributed by atoms with E-state index in [2.05, 4.69) is 28.8 Å². The van der Waals surface area contributed by atoms with E-state index in [9.17, 15) is 4.79 Å². The van der Waals surface area contributed by atoms with Gasteiger partial charge in [0.1, 0.15) is 0 Å². The van der Waals surface area contributed by atoms with E-state index in [-0.39, 0.29) is 5.91 Å². The third-order valence-electron chi connectivity index (χ3n) is 5.01. The van der Waals surface area contributed by atoms with Gasteiger partial charge in [0.15, 0.2) is 0 Å². The van der Waals surface area contributed by atoms with E-state index >= 15 is 0 Å². The lowest BCUT2D eigenvalue weighted by atomic mass is 9.88. The van der Waals surface area contributed by atoms with Crippen LogP contribution in [0.15, 0.2) is 18.2 Å². The van der Waals surface area contributed by atoms with Gasteiger partial charge in [-0.15, -0.1) is 0 Å². The molecule has 1 saturated heterocycles. The first-order valence-electron chi connectivity index (χ1n) is 8.36. The average Bonchev–Trinajstić information content (AvgIpc) is 3.01. The fourth-order valence-electron chi connectivity index (χ4n) is 3.63. The summed E-state index contributed by atoms with van der Waals surface area (Å²) in [6.07, 6.45) is 7.12. The van der Waals surface area contributed by atoms with Crippen molar-refractivity contribution in [3.63, 3.8) is 0 Å². The van der Waals surface area contributed by atoms with E-state index in [1.54, 1.807) is 0 Å². The first-order valence-corrected chi connectivity index (χ1v) is 8.36. The Morgan fingerprint density at radius 3 is 2.57 bits per heavy atom. The quantitative estimate of drug-likeness (QED) is 0.896. The van der Waals surface area contributed by atoms with Crippen molar-refractivity contribution in [2.24, 2.45) is 0 Å². The van der Waals surface area contributed by atoms with Gasteiger partial charge in [-0.1, -0.05) is 25.0 Å². The minimum Gasteiger partial charge on any atom is -0.349 e. The fourth-order valence-corrected chi connectivity index (χ4v) is 3.63. The summed E-state index contributed by atoms with van der Waals surface area (Å²) in [5, 5.41) is 6.62. The van der Waals surface area contributed by atoms with Crippen molar-refractivity contribution in [2.75, 3.05) is 13.1 Å². The van der Waals surface area contributed by atoms with E-state index in [0.717, 1.165) is 37.1 Å². The maximum absolute atomic E-state index is 12.5. The summed E-state index contributed by atoms with van der Waals surface area (Å²) in [6.45, 7) is 4.21. The smallest absolute Gasteiger partial charge is 0.251 e. The van der Waals surface area contributed by atoms with E-state index < -0.39 is 0 Å². The number of aryl methyl sites for hydroxylation is 1. The SMILES string of the molecule is Cc1ccc(C2CCNCC2)cc1C(=O)NC1CCCC1. The van der Waals surface area contributed by atoms with Crippen LogP contribution in [0.3, 0.4) is 0 Å². The molecule has 1 heterocycles. The normalized spacial score (nSPS) is 20.6. The van der Waals surface area contributed by atoms with Crippen molar-refractivity contribution in [3.05, 3.63) is 34.9 Å². The molecule has 0 bridgehead atoms. The van der Waals surface area contributed by atoms with Gasteiger partial charge in [-0.3, -0.25) is 4.79 Å². The average molecular weight is 286 g/mol. The molecule has 0 atom stereocenters. The van der Waals surface area contributed by atoms with Crippen LogP contribution in [0.2, 0.25) is 0 Å². The molecule has 1 aromatic carbocycles. The van der Waals surface area contributed by atoms with Crippen LogP contribution in [0.25, 0.3) is 0 Å². The standard InChI is InChI=1S/C18H26N2O/c1-13-6-7-15(14-8-10-19-11-9-14)12-17(13)18(21)20-16-4-2-3-5-16/h6-7,12,14,16,19H,2-5,8-11H2,1H3,(H,20,21). The summed E-state index contributed by atoms with van der Waals surface area (Å²) in [5.41, 5.74) is 3.29. The Labute approximate surface area is 127 Å². The van der Waals surface area contributed by atoms with Crippen LogP contribution in [-0.2, 0) is 0 Å². The van der Waals surface area contributed by atoms with Gasteiger partial charge < -0.3 is 10.6 Å². The highest BCUT2D eigenvalue weighted by Crippen LogP contribution is 2.27. The van der Waals surface area contributed by atoms with Gasteiger partial charge in [0.2, 0.25) is 0 Å². The molecule has 3 rings (SSSR count). The van der Waals surface area contributed by atoms with Gasteiger partial charge in [-0.25, -0.2) is 0 Å². The highest BCUT2D eigenvalue weighted by molar-refractivity contribution is 5.96. The zero-order valence-corrected chi connectivity index (χ0v) is 13.0. The number of piperidine rings is 1. The van der Waals surface area contributed by atoms with Crippen molar-refractivity contribution in [3.8, 4) is 0 Å². The minimum atomic E-state index is 0.121. The largest absolute Gasteiger partial charge is 0.349 e. The number of rotatable bonds is 3. The Kier molecular flexibility index (Phi) is 4.59. The molecule has 1 amide bonds. The van der Waals surface area contributed by atoms with Crippen LogP contribution in [0.5, 0.6) is 0 Å². The van der Waals surface area contributed by atoms with Gasteiger partial charge in [0.05, 0.1) is 0 Å². The molecule has 0 radical (unpaired) electrons. The molecule has 3 heteroatoms.